The zero-order valence-electron chi connectivity index (χ0n) is 7.37. The monoisotopic (exact) mass is 192 g/mol. The summed E-state index contributed by atoms with van der Waals surface area (Å²) in [7, 11) is 0. The van der Waals surface area contributed by atoms with Crippen molar-refractivity contribution in [2.45, 2.75) is 38.3 Å². The summed E-state index contributed by atoms with van der Waals surface area (Å²) in [5.74, 6) is -0.112. The summed E-state index contributed by atoms with van der Waals surface area (Å²) < 4.78 is 0. The van der Waals surface area contributed by atoms with E-state index in [0.29, 0.717) is 0 Å². The van der Waals surface area contributed by atoms with Gasteiger partial charge in [0.15, 0.2) is 6.17 Å². The van der Waals surface area contributed by atoms with Gasteiger partial charge in [-0.15, -0.1) is 0 Å². The molecular formula is C7H16N2O4. The van der Waals surface area contributed by atoms with Crippen LogP contribution in [0.15, 0.2) is 0 Å². The van der Waals surface area contributed by atoms with Crippen LogP contribution in [-0.4, -0.2) is 37.4 Å². The fraction of sp³-hybridized carbons (Fsp3) is 1.00. The molecule has 4 N–H and O–H groups in total. The van der Waals surface area contributed by atoms with Gasteiger partial charge in [0.25, 0.3) is 0 Å². The van der Waals surface area contributed by atoms with Crippen molar-refractivity contribution in [2.75, 3.05) is 0 Å². The predicted octanol–water partition coefficient (Wildman–Crippen LogP) is 1.05. The quantitative estimate of drug-likeness (QED) is 0.395. The van der Waals surface area contributed by atoms with Crippen molar-refractivity contribution in [3.63, 3.8) is 0 Å². The first-order valence-corrected chi connectivity index (χ1v) is 4.47. The van der Waals surface area contributed by atoms with Gasteiger partial charge in [-0.2, -0.15) is 0 Å². The van der Waals surface area contributed by atoms with Crippen LogP contribution in [0.5, 0.6) is 0 Å². The molecule has 0 radical (unpaired) electrons. The first kappa shape index (κ1) is 10.8. The van der Waals surface area contributed by atoms with E-state index in [1.807, 2.05) is 0 Å². The molecule has 6 heteroatoms. The largest absolute Gasteiger partial charge is 0.288 e. The van der Waals surface area contributed by atoms with E-state index >= 15 is 0 Å². The summed E-state index contributed by atoms with van der Waals surface area (Å²) in [4.78, 5) is 0. The summed E-state index contributed by atoms with van der Waals surface area (Å²) in [5, 5.41) is 34.8. The van der Waals surface area contributed by atoms with E-state index in [1.165, 1.54) is 0 Å². The van der Waals surface area contributed by atoms with Crippen LogP contribution < -0.4 is 0 Å². The van der Waals surface area contributed by atoms with Crippen LogP contribution in [0.2, 0.25) is 0 Å². The summed E-state index contributed by atoms with van der Waals surface area (Å²) in [5.41, 5.74) is 0. The molecule has 1 saturated carbocycles. The van der Waals surface area contributed by atoms with Crippen molar-refractivity contribution < 1.29 is 20.8 Å². The van der Waals surface area contributed by atoms with Crippen molar-refractivity contribution in [2.24, 2.45) is 5.92 Å². The first-order valence-electron chi connectivity index (χ1n) is 4.47. The Bertz CT molecular complexity index is 139. The van der Waals surface area contributed by atoms with Gasteiger partial charge in [0.2, 0.25) is 0 Å². The number of hydroxylamine groups is 4. The van der Waals surface area contributed by atoms with Crippen LogP contribution in [0.25, 0.3) is 0 Å². The van der Waals surface area contributed by atoms with Crippen molar-refractivity contribution >= 4 is 0 Å². The molecule has 0 heterocycles. The second kappa shape index (κ2) is 4.85. The molecule has 0 atom stereocenters. The number of rotatable bonds is 3. The van der Waals surface area contributed by atoms with Crippen LogP contribution in [0.3, 0.4) is 0 Å². The Morgan fingerprint density at radius 3 is 1.69 bits per heavy atom. The normalized spacial score (nSPS) is 20.5. The first-order chi connectivity index (χ1) is 6.13. The Hall–Kier alpha value is -0.240. The van der Waals surface area contributed by atoms with Crippen LogP contribution in [0.1, 0.15) is 32.1 Å². The van der Waals surface area contributed by atoms with Crippen molar-refractivity contribution in [3.05, 3.63) is 0 Å². The highest BCUT2D eigenvalue weighted by Gasteiger charge is 2.32. The van der Waals surface area contributed by atoms with Gasteiger partial charge in [-0.3, -0.25) is 20.8 Å². The molecule has 0 saturated heterocycles. The lowest BCUT2D eigenvalue weighted by atomic mass is 9.87. The van der Waals surface area contributed by atoms with Gasteiger partial charge in [0.05, 0.1) is 0 Å². The second-order valence-corrected chi connectivity index (χ2v) is 3.45. The minimum atomic E-state index is -1.14. The molecule has 78 valence electrons. The molecule has 6 nitrogen and oxygen atoms in total. The predicted molar refractivity (Wildman–Crippen MR) is 41.2 cm³/mol. The SMILES string of the molecule is ON(O)C(C1CCCCC1)N(O)O. The van der Waals surface area contributed by atoms with E-state index in [2.05, 4.69) is 0 Å². The number of hydrogen-bond acceptors (Lipinski definition) is 6. The number of hydrogen-bond donors (Lipinski definition) is 4. The van der Waals surface area contributed by atoms with Gasteiger partial charge in [-0.05, 0) is 29.2 Å². The maximum absolute atomic E-state index is 8.76. The molecular weight excluding hydrogens is 176 g/mol. The minimum Gasteiger partial charge on any atom is -0.288 e. The topological polar surface area (TPSA) is 87.4 Å². The third kappa shape index (κ3) is 2.87. The van der Waals surface area contributed by atoms with E-state index in [9.17, 15) is 0 Å². The summed E-state index contributed by atoms with van der Waals surface area (Å²) in [6.45, 7) is 0. The Labute approximate surface area is 76.4 Å². The van der Waals surface area contributed by atoms with Crippen LogP contribution in [0, 0.1) is 5.92 Å². The van der Waals surface area contributed by atoms with E-state index in [0.717, 1.165) is 32.1 Å². The van der Waals surface area contributed by atoms with E-state index in [1.54, 1.807) is 0 Å². The molecule has 1 aliphatic rings. The van der Waals surface area contributed by atoms with Gasteiger partial charge < -0.3 is 0 Å². The Morgan fingerprint density at radius 2 is 1.31 bits per heavy atom. The van der Waals surface area contributed by atoms with Gasteiger partial charge in [-0.25, -0.2) is 0 Å². The zero-order valence-corrected chi connectivity index (χ0v) is 7.37. The summed E-state index contributed by atoms with van der Waals surface area (Å²) in [6, 6.07) is 0. The molecule has 0 unspecified atom stereocenters. The third-order valence-corrected chi connectivity index (χ3v) is 2.54. The minimum absolute atomic E-state index is 0.112. The van der Waals surface area contributed by atoms with Crippen LogP contribution in [-0.2, 0) is 0 Å². The highest BCUT2D eigenvalue weighted by molar-refractivity contribution is 4.72. The molecule has 0 aromatic rings. The Morgan fingerprint density at radius 1 is 0.846 bits per heavy atom. The molecule has 0 bridgehead atoms. The smallest absolute Gasteiger partial charge is 0.167 e. The maximum atomic E-state index is 8.76. The Balaban J connectivity index is 2.52. The van der Waals surface area contributed by atoms with E-state index < -0.39 is 6.17 Å². The molecule has 0 amide bonds. The highest BCUT2D eigenvalue weighted by Crippen LogP contribution is 2.28. The van der Waals surface area contributed by atoms with Crippen molar-refractivity contribution in [1.29, 1.82) is 0 Å². The fourth-order valence-electron chi connectivity index (χ4n) is 1.90. The summed E-state index contributed by atoms with van der Waals surface area (Å²) >= 11 is 0. The highest BCUT2D eigenvalue weighted by atomic mass is 16.8. The Kier molecular flexibility index (Phi) is 4.04. The van der Waals surface area contributed by atoms with Crippen molar-refractivity contribution in [1.82, 2.24) is 10.5 Å². The molecule has 13 heavy (non-hydrogen) atoms. The second-order valence-electron chi connectivity index (χ2n) is 3.45. The molecule has 0 aromatic heterocycles. The third-order valence-electron chi connectivity index (χ3n) is 2.54. The van der Waals surface area contributed by atoms with Crippen LogP contribution in [0.4, 0.5) is 0 Å². The molecule has 0 aromatic carbocycles. The van der Waals surface area contributed by atoms with Crippen molar-refractivity contribution in [3.8, 4) is 0 Å². The molecule has 0 spiro atoms. The average molecular weight is 192 g/mol. The maximum Gasteiger partial charge on any atom is 0.167 e. The van der Waals surface area contributed by atoms with E-state index in [4.69, 9.17) is 20.8 Å². The van der Waals surface area contributed by atoms with Gasteiger partial charge in [-0.1, -0.05) is 19.3 Å². The molecule has 1 aliphatic carbocycles. The van der Waals surface area contributed by atoms with Crippen LogP contribution >= 0.6 is 0 Å². The average Bonchev–Trinajstić information content (AvgIpc) is 2.04. The standard InChI is InChI=1S/C7H16N2O4/c10-8(11)7(9(12)13)6-4-2-1-3-5-6/h6-7,10-13H,1-5H2. The van der Waals surface area contributed by atoms with Gasteiger partial charge in [0, 0.05) is 0 Å². The lowest BCUT2D eigenvalue weighted by Gasteiger charge is -2.33. The zero-order chi connectivity index (χ0) is 9.84. The van der Waals surface area contributed by atoms with E-state index in [-0.39, 0.29) is 16.4 Å². The molecule has 1 fully saturated rings. The lowest BCUT2D eigenvalue weighted by Crippen LogP contribution is -2.47. The fourth-order valence-corrected chi connectivity index (χ4v) is 1.90. The molecule has 0 aliphatic heterocycles. The lowest BCUT2D eigenvalue weighted by molar-refractivity contribution is -0.457. The summed E-state index contributed by atoms with van der Waals surface area (Å²) in [6.07, 6.45) is 3.52. The number of nitrogens with zero attached hydrogens (tertiary/aromatic N) is 2. The molecule has 1 rings (SSSR count). The van der Waals surface area contributed by atoms with Gasteiger partial charge >= 0.3 is 0 Å². The van der Waals surface area contributed by atoms with Gasteiger partial charge in [0.1, 0.15) is 0 Å².